The molecule has 0 unspecified atom stereocenters. The first-order valence-electron chi connectivity index (χ1n) is 6.14. The van der Waals surface area contributed by atoms with Gasteiger partial charge in [0.1, 0.15) is 0 Å². The van der Waals surface area contributed by atoms with Gasteiger partial charge in [0.25, 0.3) is 0 Å². The summed E-state index contributed by atoms with van der Waals surface area (Å²) in [5.74, 6) is -0.518. The third-order valence-corrected chi connectivity index (χ3v) is 2.92. The molecule has 0 heterocycles. The van der Waals surface area contributed by atoms with Gasteiger partial charge in [0.05, 0.1) is 11.1 Å². The third kappa shape index (κ3) is 2.92. The zero-order valence-electron chi connectivity index (χ0n) is 10.9. The number of carbonyl (C=O) groups is 1. The lowest BCUT2D eigenvalue weighted by Crippen LogP contribution is -2.40. The van der Waals surface area contributed by atoms with E-state index in [0.29, 0.717) is 22.5 Å². The Hall–Kier alpha value is -2.88. The van der Waals surface area contributed by atoms with Crippen molar-refractivity contribution in [2.45, 2.75) is 0 Å². The maximum Gasteiger partial charge on any atom is 0.249 e. The average molecular weight is 266 g/mol. The summed E-state index contributed by atoms with van der Waals surface area (Å²) in [6.07, 6.45) is 1.64. The molecule has 1 amide bonds. The minimum atomic E-state index is -0.518. The summed E-state index contributed by atoms with van der Waals surface area (Å²) in [6.45, 7) is 0. The van der Waals surface area contributed by atoms with E-state index in [1.165, 1.54) is 0 Å². The van der Waals surface area contributed by atoms with Crippen LogP contribution in [0.2, 0.25) is 0 Å². The van der Waals surface area contributed by atoms with Crippen molar-refractivity contribution in [3.63, 3.8) is 0 Å². The van der Waals surface area contributed by atoms with E-state index in [-0.39, 0.29) is 0 Å². The number of hydrogen-bond acceptors (Lipinski definition) is 2. The van der Waals surface area contributed by atoms with Crippen LogP contribution in [-0.2, 0) is 0 Å². The van der Waals surface area contributed by atoms with Gasteiger partial charge in [-0.2, -0.15) is 0 Å². The van der Waals surface area contributed by atoms with Crippen LogP contribution in [0.15, 0.2) is 60.7 Å². The van der Waals surface area contributed by atoms with Crippen molar-refractivity contribution in [3.8, 4) is 0 Å². The van der Waals surface area contributed by atoms with Crippen LogP contribution >= 0.6 is 0 Å². The first-order chi connectivity index (χ1) is 9.59. The number of nitrogens with two attached hydrogens (primary N) is 3. The topological polar surface area (TPSA) is 94.7 Å². The van der Waals surface area contributed by atoms with Crippen LogP contribution in [0.3, 0.4) is 0 Å². The molecule has 6 N–H and O–H groups in total. The predicted octanol–water partition coefficient (Wildman–Crippen LogP) is 0.334. The Labute approximate surface area is 117 Å². The lowest BCUT2D eigenvalue weighted by Gasteiger charge is -2.03. The van der Waals surface area contributed by atoms with E-state index in [4.69, 9.17) is 16.9 Å². The second-order valence-electron chi connectivity index (χ2n) is 4.33. The smallest absolute Gasteiger partial charge is 0.249 e. The fourth-order valence-electron chi connectivity index (χ4n) is 1.91. The van der Waals surface area contributed by atoms with Crippen LogP contribution in [0.1, 0.15) is 21.5 Å². The van der Waals surface area contributed by atoms with E-state index in [0.717, 1.165) is 5.56 Å². The standard InChI is InChI=1S/C16H15N3O/c17-14(11-6-2-1-3-7-11)10-15(18)12-8-4-5-9-13(12)16(19)20/h1-10,18H,17H2,(H2,19,20)/p+1/b14-10-,18-15?. The molecule has 2 rings (SSSR count). The van der Waals surface area contributed by atoms with Crippen LogP contribution in [0, 0.1) is 0 Å². The Morgan fingerprint density at radius 1 is 0.900 bits per heavy atom. The van der Waals surface area contributed by atoms with E-state index < -0.39 is 5.91 Å². The number of carbonyl (C=O) groups excluding carboxylic acids is 1. The fourth-order valence-corrected chi connectivity index (χ4v) is 1.91. The number of amides is 1. The van der Waals surface area contributed by atoms with Crippen molar-refractivity contribution < 1.29 is 10.2 Å². The number of hydrogen-bond donors (Lipinski definition) is 3. The first-order valence-corrected chi connectivity index (χ1v) is 6.14. The molecule has 2 aromatic rings. The molecular weight excluding hydrogens is 250 g/mol. The molecule has 20 heavy (non-hydrogen) atoms. The molecular formula is C16H16N3O+. The van der Waals surface area contributed by atoms with Gasteiger partial charge in [-0.05, 0) is 17.7 Å². The quantitative estimate of drug-likeness (QED) is 0.696. The molecule has 0 aromatic heterocycles. The monoisotopic (exact) mass is 266 g/mol. The zero-order chi connectivity index (χ0) is 14.5. The highest BCUT2D eigenvalue weighted by Crippen LogP contribution is 2.12. The molecule has 2 aromatic carbocycles. The Morgan fingerprint density at radius 3 is 2.05 bits per heavy atom. The number of rotatable bonds is 4. The Bertz CT molecular complexity index is 675. The van der Waals surface area contributed by atoms with E-state index in [2.05, 4.69) is 0 Å². The Morgan fingerprint density at radius 2 is 1.45 bits per heavy atom. The minimum Gasteiger partial charge on any atom is -0.398 e. The van der Waals surface area contributed by atoms with Gasteiger partial charge in [-0.3, -0.25) is 10.2 Å². The highest BCUT2D eigenvalue weighted by molar-refractivity contribution is 6.14. The van der Waals surface area contributed by atoms with Crippen molar-refractivity contribution in [1.82, 2.24) is 0 Å². The van der Waals surface area contributed by atoms with Crippen molar-refractivity contribution >= 4 is 17.3 Å². The van der Waals surface area contributed by atoms with Crippen LogP contribution < -0.4 is 16.9 Å². The summed E-state index contributed by atoms with van der Waals surface area (Å²) in [4.78, 5) is 11.4. The second kappa shape index (κ2) is 5.84. The van der Waals surface area contributed by atoms with Crippen molar-refractivity contribution in [2.24, 2.45) is 11.5 Å². The van der Waals surface area contributed by atoms with Gasteiger partial charge in [0.15, 0.2) is 0 Å². The SMILES string of the molecule is NC(=O)c1ccccc1C(=[NH2+])/C=C(\N)c1ccccc1. The van der Waals surface area contributed by atoms with E-state index in [1.807, 2.05) is 30.3 Å². The van der Waals surface area contributed by atoms with Gasteiger partial charge in [0, 0.05) is 11.8 Å². The van der Waals surface area contributed by atoms with Gasteiger partial charge in [-0.25, -0.2) is 0 Å². The second-order valence-corrected chi connectivity index (χ2v) is 4.33. The lowest BCUT2D eigenvalue weighted by molar-refractivity contribution is -0.111. The molecule has 0 bridgehead atoms. The molecule has 0 aliphatic heterocycles. The number of primary amides is 1. The zero-order valence-corrected chi connectivity index (χ0v) is 10.9. The molecule has 0 fully saturated rings. The Balaban J connectivity index is 2.36. The summed E-state index contributed by atoms with van der Waals surface area (Å²) in [6, 6.07) is 16.4. The highest BCUT2D eigenvalue weighted by Gasteiger charge is 2.14. The maximum atomic E-state index is 11.4. The van der Waals surface area contributed by atoms with Crippen LogP contribution in [0.5, 0.6) is 0 Å². The lowest BCUT2D eigenvalue weighted by atomic mass is 10.0. The van der Waals surface area contributed by atoms with Gasteiger partial charge in [-0.1, -0.05) is 42.5 Å². The van der Waals surface area contributed by atoms with E-state index in [9.17, 15) is 4.79 Å². The molecule has 0 saturated carbocycles. The molecule has 4 nitrogen and oxygen atoms in total. The normalized spacial score (nSPS) is 11.1. The largest absolute Gasteiger partial charge is 0.398 e. The number of benzene rings is 2. The van der Waals surface area contributed by atoms with Gasteiger partial charge < -0.3 is 11.5 Å². The first kappa shape index (κ1) is 13.5. The minimum absolute atomic E-state index is 0.377. The van der Waals surface area contributed by atoms with Gasteiger partial charge in [0.2, 0.25) is 11.6 Å². The van der Waals surface area contributed by atoms with Gasteiger partial charge >= 0.3 is 0 Å². The molecule has 100 valence electrons. The highest BCUT2D eigenvalue weighted by atomic mass is 16.1. The van der Waals surface area contributed by atoms with Crippen LogP contribution in [0.25, 0.3) is 5.70 Å². The summed E-state index contributed by atoms with van der Waals surface area (Å²) >= 11 is 0. The van der Waals surface area contributed by atoms with Crippen molar-refractivity contribution in [1.29, 1.82) is 0 Å². The van der Waals surface area contributed by atoms with E-state index >= 15 is 0 Å². The van der Waals surface area contributed by atoms with Crippen molar-refractivity contribution in [2.75, 3.05) is 0 Å². The summed E-state index contributed by atoms with van der Waals surface area (Å²) in [7, 11) is 0. The molecule has 0 atom stereocenters. The fraction of sp³-hybridized carbons (Fsp3) is 0. The van der Waals surface area contributed by atoms with E-state index in [1.54, 1.807) is 30.3 Å². The predicted molar refractivity (Wildman–Crippen MR) is 79.6 cm³/mol. The van der Waals surface area contributed by atoms with Crippen LogP contribution in [0.4, 0.5) is 0 Å². The molecule has 4 heteroatoms. The molecule has 0 spiro atoms. The molecule has 0 saturated heterocycles. The average Bonchev–Trinajstić information content (AvgIpc) is 2.48. The molecule has 0 aliphatic carbocycles. The van der Waals surface area contributed by atoms with Crippen molar-refractivity contribution in [3.05, 3.63) is 77.4 Å². The molecule has 0 radical (unpaired) electrons. The third-order valence-electron chi connectivity index (χ3n) is 2.92. The van der Waals surface area contributed by atoms with Crippen LogP contribution in [-0.4, -0.2) is 11.6 Å². The van der Waals surface area contributed by atoms with Gasteiger partial charge in [-0.15, -0.1) is 0 Å². The summed E-state index contributed by atoms with van der Waals surface area (Å²) < 4.78 is 0. The summed E-state index contributed by atoms with van der Waals surface area (Å²) in [5.41, 5.74) is 14.1. The summed E-state index contributed by atoms with van der Waals surface area (Å²) in [5, 5.41) is 6.02. The molecule has 0 aliphatic rings. The maximum absolute atomic E-state index is 11.4. The Kier molecular flexibility index (Phi) is 3.96. The number of allylic oxidation sites excluding steroid dienone is 1.